The number of aliphatic hydroxyl groups excluding tert-OH is 1. The molecule has 1 heterocycles. The summed E-state index contributed by atoms with van der Waals surface area (Å²) in [4.78, 5) is 3.96. The molecule has 1 unspecified atom stereocenters. The molecule has 0 aromatic carbocycles. The Hall–Kier alpha value is -0.880. The molecule has 4 N–H and O–H groups in total. The van der Waals surface area contributed by atoms with Crippen molar-refractivity contribution >= 4 is 22.6 Å². The molecule has 6 heteroatoms. The van der Waals surface area contributed by atoms with E-state index in [-0.39, 0.29) is 12.1 Å². The van der Waals surface area contributed by atoms with Crippen molar-refractivity contribution in [3.05, 3.63) is 0 Å². The predicted octanol–water partition coefficient (Wildman–Crippen LogP) is 1.33. The fourth-order valence-corrected chi connectivity index (χ4v) is 2.00. The van der Waals surface area contributed by atoms with Crippen molar-refractivity contribution in [2.75, 3.05) is 17.6 Å². The number of rotatable bonds is 6. The summed E-state index contributed by atoms with van der Waals surface area (Å²) in [6.45, 7) is 4.67. The number of hydrogen-bond acceptors (Lipinski definition) is 6. The van der Waals surface area contributed by atoms with Crippen molar-refractivity contribution in [1.82, 2.24) is 9.36 Å². The van der Waals surface area contributed by atoms with Crippen LogP contribution in [-0.4, -0.2) is 27.1 Å². The molecule has 0 aliphatic heterocycles. The first kappa shape index (κ1) is 12.2. The van der Waals surface area contributed by atoms with E-state index in [9.17, 15) is 5.11 Å². The molecular formula is C9H18N4OS. The van der Waals surface area contributed by atoms with Crippen molar-refractivity contribution in [2.45, 2.75) is 32.8 Å². The number of nitrogens with two attached hydrogens (primary N) is 1. The maximum atomic E-state index is 9.84. The summed E-state index contributed by atoms with van der Waals surface area (Å²) in [6.07, 6.45) is 1.62. The van der Waals surface area contributed by atoms with E-state index in [1.54, 1.807) is 0 Å². The number of hydrogen-bond donors (Lipinski definition) is 3. The molecule has 86 valence electrons. The van der Waals surface area contributed by atoms with Crippen LogP contribution in [0.15, 0.2) is 0 Å². The van der Waals surface area contributed by atoms with E-state index in [1.165, 1.54) is 11.5 Å². The highest BCUT2D eigenvalue weighted by molar-refractivity contribution is 7.09. The van der Waals surface area contributed by atoms with Crippen LogP contribution in [0.3, 0.4) is 0 Å². The van der Waals surface area contributed by atoms with Gasteiger partial charge < -0.3 is 16.2 Å². The summed E-state index contributed by atoms with van der Waals surface area (Å²) in [6, 6.07) is 0. The second-order valence-electron chi connectivity index (χ2n) is 3.48. The Labute approximate surface area is 93.9 Å². The van der Waals surface area contributed by atoms with E-state index in [1.807, 2.05) is 0 Å². The zero-order chi connectivity index (χ0) is 11.3. The van der Waals surface area contributed by atoms with Crippen LogP contribution in [0.1, 0.15) is 26.7 Å². The average molecular weight is 230 g/mol. The zero-order valence-corrected chi connectivity index (χ0v) is 9.92. The summed E-state index contributed by atoms with van der Waals surface area (Å²) in [5.41, 5.74) is 5.38. The summed E-state index contributed by atoms with van der Waals surface area (Å²) in [5, 5.41) is 13.5. The number of nitrogens with zero attached hydrogens (tertiary/aromatic N) is 2. The third kappa shape index (κ3) is 3.64. The minimum Gasteiger partial charge on any atom is -0.391 e. The number of nitrogens with one attached hydrogen (secondary N) is 1. The minimum absolute atomic E-state index is 0.277. The highest BCUT2D eigenvalue weighted by Gasteiger charge is 2.15. The fourth-order valence-electron chi connectivity index (χ4n) is 1.50. The van der Waals surface area contributed by atoms with E-state index < -0.39 is 0 Å². The first-order chi connectivity index (χ1) is 7.17. The summed E-state index contributed by atoms with van der Waals surface area (Å²) < 4.78 is 3.84. The minimum atomic E-state index is -0.342. The van der Waals surface area contributed by atoms with Crippen LogP contribution in [0.2, 0.25) is 0 Å². The fraction of sp³-hybridized carbons (Fsp3) is 0.778. The van der Waals surface area contributed by atoms with E-state index in [2.05, 4.69) is 28.5 Å². The van der Waals surface area contributed by atoms with E-state index >= 15 is 0 Å². The van der Waals surface area contributed by atoms with Crippen molar-refractivity contribution in [3.8, 4) is 0 Å². The van der Waals surface area contributed by atoms with Gasteiger partial charge >= 0.3 is 0 Å². The molecular weight excluding hydrogens is 212 g/mol. The van der Waals surface area contributed by atoms with Crippen LogP contribution in [0.5, 0.6) is 0 Å². The third-order valence-electron chi connectivity index (χ3n) is 2.50. The van der Waals surface area contributed by atoms with Gasteiger partial charge in [0.25, 0.3) is 0 Å². The molecule has 5 nitrogen and oxygen atoms in total. The number of anilines is 2. The van der Waals surface area contributed by atoms with Gasteiger partial charge in [0.15, 0.2) is 0 Å². The lowest BCUT2D eigenvalue weighted by Crippen LogP contribution is -2.27. The lowest BCUT2D eigenvalue weighted by atomic mass is 9.97. The normalized spacial score (nSPS) is 13.1. The summed E-state index contributed by atoms with van der Waals surface area (Å²) >= 11 is 1.21. The van der Waals surface area contributed by atoms with E-state index in [4.69, 9.17) is 5.73 Å². The van der Waals surface area contributed by atoms with Crippen molar-refractivity contribution in [2.24, 2.45) is 5.92 Å². The molecule has 0 radical (unpaired) electrons. The highest BCUT2D eigenvalue weighted by atomic mass is 32.1. The highest BCUT2D eigenvalue weighted by Crippen LogP contribution is 2.16. The topological polar surface area (TPSA) is 84.1 Å². The Morgan fingerprint density at radius 3 is 2.60 bits per heavy atom. The lowest BCUT2D eigenvalue weighted by molar-refractivity contribution is 0.114. The van der Waals surface area contributed by atoms with Crippen LogP contribution >= 0.6 is 11.5 Å². The maximum absolute atomic E-state index is 9.84. The van der Waals surface area contributed by atoms with Crippen molar-refractivity contribution in [1.29, 1.82) is 0 Å². The predicted molar refractivity (Wildman–Crippen MR) is 62.9 cm³/mol. The van der Waals surface area contributed by atoms with Crippen LogP contribution < -0.4 is 11.1 Å². The second-order valence-corrected chi connectivity index (χ2v) is 4.23. The summed E-state index contributed by atoms with van der Waals surface area (Å²) in [7, 11) is 0. The largest absolute Gasteiger partial charge is 0.391 e. The second kappa shape index (κ2) is 5.87. The molecule has 0 saturated carbocycles. The average Bonchev–Trinajstić information content (AvgIpc) is 2.63. The quantitative estimate of drug-likeness (QED) is 0.686. The molecule has 1 atom stereocenters. The SMILES string of the molecule is CCC(CC)C(O)CNc1nc(N)ns1. The molecule has 0 amide bonds. The van der Waals surface area contributed by atoms with Crippen LogP contribution in [0.25, 0.3) is 0 Å². The first-order valence-corrected chi connectivity index (χ1v) is 5.95. The Morgan fingerprint density at radius 1 is 1.47 bits per heavy atom. The van der Waals surface area contributed by atoms with Gasteiger partial charge in [-0.15, -0.1) is 0 Å². The first-order valence-electron chi connectivity index (χ1n) is 5.18. The van der Waals surface area contributed by atoms with Gasteiger partial charge in [0.1, 0.15) is 0 Å². The zero-order valence-electron chi connectivity index (χ0n) is 9.10. The molecule has 0 fully saturated rings. The van der Waals surface area contributed by atoms with E-state index in [0.717, 1.165) is 12.8 Å². The Balaban J connectivity index is 2.36. The Morgan fingerprint density at radius 2 is 2.13 bits per heavy atom. The third-order valence-corrected chi connectivity index (χ3v) is 3.18. The number of nitrogen functional groups attached to an aromatic ring is 1. The molecule has 0 bridgehead atoms. The monoisotopic (exact) mass is 230 g/mol. The molecule has 0 aliphatic rings. The van der Waals surface area contributed by atoms with Crippen molar-refractivity contribution in [3.63, 3.8) is 0 Å². The molecule has 1 aromatic heterocycles. The van der Waals surface area contributed by atoms with Gasteiger partial charge in [-0.1, -0.05) is 26.7 Å². The molecule has 1 rings (SSSR count). The molecule has 0 saturated heterocycles. The van der Waals surface area contributed by atoms with Gasteiger partial charge in [-0.3, -0.25) is 0 Å². The van der Waals surface area contributed by atoms with Gasteiger partial charge in [0, 0.05) is 18.1 Å². The summed E-state index contributed by atoms with van der Waals surface area (Å²) in [5.74, 6) is 0.613. The molecule has 0 aliphatic carbocycles. The Kier molecular flexibility index (Phi) is 4.77. The molecule has 15 heavy (non-hydrogen) atoms. The van der Waals surface area contributed by atoms with Gasteiger partial charge in [0.2, 0.25) is 11.1 Å². The Bertz CT molecular complexity index is 287. The lowest BCUT2D eigenvalue weighted by Gasteiger charge is -2.19. The molecule has 1 aromatic rings. The van der Waals surface area contributed by atoms with E-state index in [0.29, 0.717) is 17.6 Å². The van der Waals surface area contributed by atoms with Gasteiger partial charge in [-0.05, 0) is 5.92 Å². The number of aromatic nitrogens is 2. The standard InChI is InChI=1S/C9H18N4OS/c1-3-6(4-2)7(14)5-11-9-12-8(10)13-15-9/h6-7,14H,3-5H2,1-2H3,(H3,10,11,12,13). The van der Waals surface area contributed by atoms with Gasteiger partial charge in [-0.25, -0.2) is 0 Å². The maximum Gasteiger partial charge on any atom is 0.233 e. The molecule has 0 spiro atoms. The number of aliphatic hydroxyl groups is 1. The van der Waals surface area contributed by atoms with Crippen LogP contribution in [0.4, 0.5) is 11.1 Å². The van der Waals surface area contributed by atoms with Gasteiger partial charge in [0.05, 0.1) is 6.10 Å². The van der Waals surface area contributed by atoms with Crippen molar-refractivity contribution < 1.29 is 5.11 Å². The smallest absolute Gasteiger partial charge is 0.233 e. The van der Waals surface area contributed by atoms with Crippen LogP contribution in [0, 0.1) is 5.92 Å². The van der Waals surface area contributed by atoms with Crippen LogP contribution in [-0.2, 0) is 0 Å². The van der Waals surface area contributed by atoms with Gasteiger partial charge in [-0.2, -0.15) is 9.36 Å².